The Morgan fingerprint density at radius 3 is 2.33 bits per heavy atom. The molecule has 0 aliphatic rings. The molecular weight excluding hydrogens is 264 g/mol. The molecule has 3 aromatic rings. The number of methoxy groups -OCH3 is 1. The summed E-state index contributed by atoms with van der Waals surface area (Å²) in [7, 11) is 1.69. The normalized spacial score (nSPS) is 10.1. The molecule has 0 atom stereocenters. The van der Waals surface area contributed by atoms with Crippen LogP contribution < -0.4 is 4.74 Å². The van der Waals surface area contributed by atoms with E-state index < -0.39 is 0 Å². The Kier molecular flexibility index (Phi) is 3.90. The van der Waals surface area contributed by atoms with E-state index in [4.69, 9.17) is 4.74 Å². The van der Waals surface area contributed by atoms with E-state index in [2.05, 4.69) is 42.5 Å². The van der Waals surface area contributed by atoms with Gasteiger partial charge in [0.05, 0.1) is 7.11 Å². The zero-order valence-electron chi connectivity index (χ0n) is 9.92. The van der Waals surface area contributed by atoms with E-state index in [0.29, 0.717) is 0 Å². The van der Waals surface area contributed by atoms with Gasteiger partial charge in [0.15, 0.2) is 0 Å². The SMILES string of the molecule is COc1ccc(-c2cc3ccccc3s2)cc1.Cl. The number of halogens is 1. The smallest absolute Gasteiger partial charge is 0.118 e. The summed E-state index contributed by atoms with van der Waals surface area (Å²) in [6.45, 7) is 0. The molecule has 3 rings (SSSR count). The van der Waals surface area contributed by atoms with E-state index in [1.807, 2.05) is 23.5 Å². The highest BCUT2D eigenvalue weighted by atomic mass is 35.5. The highest BCUT2D eigenvalue weighted by Crippen LogP contribution is 2.33. The second-order valence-electron chi connectivity index (χ2n) is 3.88. The molecule has 0 aliphatic carbocycles. The van der Waals surface area contributed by atoms with Crippen molar-refractivity contribution in [3.05, 3.63) is 54.6 Å². The van der Waals surface area contributed by atoms with Crippen LogP contribution in [0.2, 0.25) is 0 Å². The molecule has 0 unspecified atom stereocenters. The molecule has 0 N–H and O–H groups in total. The quantitative estimate of drug-likeness (QED) is 0.640. The van der Waals surface area contributed by atoms with Crippen LogP contribution >= 0.6 is 23.7 Å². The van der Waals surface area contributed by atoms with Crippen LogP contribution in [0.15, 0.2) is 54.6 Å². The van der Waals surface area contributed by atoms with E-state index in [1.165, 1.54) is 20.5 Å². The second kappa shape index (κ2) is 5.42. The maximum atomic E-state index is 5.17. The third-order valence-electron chi connectivity index (χ3n) is 2.80. The zero-order chi connectivity index (χ0) is 11.7. The van der Waals surface area contributed by atoms with Gasteiger partial charge in [-0.2, -0.15) is 0 Å². The Morgan fingerprint density at radius 2 is 1.67 bits per heavy atom. The summed E-state index contributed by atoms with van der Waals surface area (Å²) >= 11 is 1.82. The molecule has 0 spiro atoms. The summed E-state index contributed by atoms with van der Waals surface area (Å²) in [5.74, 6) is 0.898. The van der Waals surface area contributed by atoms with Gasteiger partial charge in [0.2, 0.25) is 0 Å². The summed E-state index contributed by atoms with van der Waals surface area (Å²) in [6, 6.07) is 18.9. The third-order valence-corrected chi connectivity index (χ3v) is 3.97. The molecule has 0 aliphatic heterocycles. The first kappa shape index (κ1) is 12.9. The van der Waals surface area contributed by atoms with Gasteiger partial charge in [0.25, 0.3) is 0 Å². The zero-order valence-corrected chi connectivity index (χ0v) is 11.6. The molecule has 18 heavy (non-hydrogen) atoms. The van der Waals surface area contributed by atoms with Crippen molar-refractivity contribution in [3.63, 3.8) is 0 Å². The molecule has 92 valence electrons. The lowest BCUT2D eigenvalue weighted by Crippen LogP contribution is -1.81. The highest BCUT2D eigenvalue weighted by molar-refractivity contribution is 7.22. The molecule has 0 bridgehead atoms. The molecule has 2 aromatic carbocycles. The standard InChI is InChI=1S/C15H12OS.ClH/c1-16-13-8-6-11(7-9-13)15-10-12-4-2-3-5-14(12)17-15;/h2-10H,1H3;1H. The van der Waals surface area contributed by atoms with Crippen LogP contribution in [0.5, 0.6) is 5.75 Å². The van der Waals surface area contributed by atoms with Crippen LogP contribution in [-0.2, 0) is 0 Å². The predicted molar refractivity (Wildman–Crippen MR) is 81.1 cm³/mol. The largest absolute Gasteiger partial charge is 0.497 e. The van der Waals surface area contributed by atoms with Gasteiger partial charge in [0, 0.05) is 9.58 Å². The van der Waals surface area contributed by atoms with Crippen molar-refractivity contribution in [1.29, 1.82) is 0 Å². The Bertz CT molecular complexity index is 610. The number of fused-ring (bicyclic) bond motifs is 1. The van der Waals surface area contributed by atoms with Gasteiger partial charge in [-0.05, 0) is 47.3 Å². The molecule has 0 amide bonds. The number of benzene rings is 2. The fourth-order valence-electron chi connectivity index (χ4n) is 1.88. The van der Waals surface area contributed by atoms with Crippen molar-refractivity contribution in [1.82, 2.24) is 0 Å². The first-order valence-electron chi connectivity index (χ1n) is 5.50. The summed E-state index contributed by atoms with van der Waals surface area (Å²) < 4.78 is 6.50. The lowest BCUT2D eigenvalue weighted by molar-refractivity contribution is 0.415. The van der Waals surface area contributed by atoms with Gasteiger partial charge >= 0.3 is 0 Å². The van der Waals surface area contributed by atoms with Crippen LogP contribution in [0, 0.1) is 0 Å². The van der Waals surface area contributed by atoms with E-state index in [1.54, 1.807) is 7.11 Å². The Labute approximate surface area is 116 Å². The number of rotatable bonds is 2. The molecular formula is C15H13ClOS. The number of hydrogen-bond acceptors (Lipinski definition) is 2. The lowest BCUT2D eigenvalue weighted by Gasteiger charge is -2.00. The molecule has 3 heteroatoms. The molecule has 1 nitrogen and oxygen atoms in total. The number of ether oxygens (including phenoxy) is 1. The first-order valence-corrected chi connectivity index (χ1v) is 6.31. The summed E-state index contributed by atoms with van der Waals surface area (Å²) in [4.78, 5) is 1.30. The van der Waals surface area contributed by atoms with E-state index in [-0.39, 0.29) is 12.4 Å². The minimum absolute atomic E-state index is 0. The topological polar surface area (TPSA) is 9.23 Å². The van der Waals surface area contributed by atoms with Crippen molar-refractivity contribution >= 4 is 33.8 Å². The minimum atomic E-state index is 0. The van der Waals surface area contributed by atoms with E-state index in [9.17, 15) is 0 Å². The number of hydrogen-bond donors (Lipinski definition) is 0. The fourth-order valence-corrected chi connectivity index (χ4v) is 2.95. The molecule has 0 radical (unpaired) electrons. The maximum Gasteiger partial charge on any atom is 0.118 e. The molecule has 0 fully saturated rings. The fraction of sp³-hybridized carbons (Fsp3) is 0.0667. The Balaban J connectivity index is 0.00000120. The maximum absolute atomic E-state index is 5.17. The van der Waals surface area contributed by atoms with Crippen molar-refractivity contribution in [2.24, 2.45) is 0 Å². The van der Waals surface area contributed by atoms with Gasteiger partial charge in [-0.1, -0.05) is 18.2 Å². The molecule has 0 saturated carbocycles. The average Bonchev–Trinajstić information content (AvgIpc) is 2.82. The first-order chi connectivity index (χ1) is 8.36. The minimum Gasteiger partial charge on any atom is -0.497 e. The molecule has 0 saturated heterocycles. The van der Waals surface area contributed by atoms with Gasteiger partial charge in [-0.3, -0.25) is 0 Å². The third kappa shape index (κ3) is 2.35. The molecule has 1 aromatic heterocycles. The van der Waals surface area contributed by atoms with Gasteiger partial charge in [0.1, 0.15) is 5.75 Å². The van der Waals surface area contributed by atoms with Crippen molar-refractivity contribution in [2.75, 3.05) is 7.11 Å². The van der Waals surface area contributed by atoms with E-state index >= 15 is 0 Å². The highest BCUT2D eigenvalue weighted by Gasteiger charge is 2.03. The number of thiophene rings is 1. The van der Waals surface area contributed by atoms with Gasteiger partial charge in [-0.15, -0.1) is 23.7 Å². The summed E-state index contributed by atoms with van der Waals surface area (Å²) in [5, 5.41) is 1.31. The second-order valence-corrected chi connectivity index (χ2v) is 4.96. The van der Waals surface area contributed by atoms with Crippen molar-refractivity contribution in [2.45, 2.75) is 0 Å². The van der Waals surface area contributed by atoms with Crippen molar-refractivity contribution < 1.29 is 4.74 Å². The summed E-state index contributed by atoms with van der Waals surface area (Å²) in [6.07, 6.45) is 0. The lowest BCUT2D eigenvalue weighted by atomic mass is 10.1. The average molecular weight is 277 g/mol. The molecule has 1 heterocycles. The Morgan fingerprint density at radius 1 is 0.944 bits per heavy atom. The van der Waals surface area contributed by atoms with Crippen molar-refractivity contribution in [3.8, 4) is 16.2 Å². The monoisotopic (exact) mass is 276 g/mol. The van der Waals surface area contributed by atoms with Crippen LogP contribution in [0.1, 0.15) is 0 Å². The summed E-state index contributed by atoms with van der Waals surface area (Å²) in [5.41, 5.74) is 1.24. The Hall–Kier alpha value is -1.51. The van der Waals surface area contributed by atoms with Gasteiger partial charge < -0.3 is 4.74 Å². The van der Waals surface area contributed by atoms with Crippen LogP contribution in [-0.4, -0.2) is 7.11 Å². The van der Waals surface area contributed by atoms with Crippen LogP contribution in [0.4, 0.5) is 0 Å². The van der Waals surface area contributed by atoms with Gasteiger partial charge in [-0.25, -0.2) is 0 Å². The van der Waals surface area contributed by atoms with Crippen LogP contribution in [0.3, 0.4) is 0 Å². The van der Waals surface area contributed by atoms with Crippen LogP contribution in [0.25, 0.3) is 20.5 Å². The van der Waals surface area contributed by atoms with E-state index in [0.717, 1.165) is 5.75 Å². The predicted octanol–water partition coefficient (Wildman–Crippen LogP) is 5.00.